The van der Waals surface area contributed by atoms with Crippen LogP contribution in [0, 0.1) is 18.2 Å². The Morgan fingerprint density at radius 2 is 2.26 bits per heavy atom. The summed E-state index contributed by atoms with van der Waals surface area (Å²) >= 11 is 0. The third-order valence-electron chi connectivity index (χ3n) is 4.48. The zero-order valence-corrected chi connectivity index (χ0v) is 11.2. The van der Waals surface area contributed by atoms with Crippen LogP contribution in [0.5, 0.6) is 0 Å². The molecule has 2 aliphatic heterocycles. The summed E-state index contributed by atoms with van der Waals surface area (Å²) in [5.41, 5.74) is 1.30. The van der Waals surface area contributed by atoms with Crippen LogP contribution in [0.4, 0.5) is 4.39 Å². The molecule has 1 amide bonds. The van der Waals surface area contributed by atoms with Gasteiger partial charge in [-0.05, 0) is 44.0 Å². The van der Waals surface area contributed by atoms with Crippen LogP contribution in [0.2, 0.25) is 0 Å². The van der Waals surface area contributed by atoms with Crippen LogP contribution in [-0.2, 0) is 0 Å². The number of halogens is 1. The lowest BCUT2D eigenvalue weighted by Gasteiger charge is -2.22. The van der Waals surface area contributed by atoms with E-state index in [-0.39, 0.29) is 17.1 Å². The van der Waals surface area contributed by atoms with Gasteiger partial charge in [0.2, 0.25) is 0 Å². The van der Waals surface area contributed by atoms with Crippen LogP contribution in [0.1, 0.15) is 28.8 Å². The molecule has 3 nitrogen and oxygen atoms in total. The summed E-state index contributed by atoms with van der Waals surface area (Å²) in [5, 5.41) is 3.37. The number of hydrogen-bond donors (Lipinski definition) is 1. The second-order valence-corrected chi connectivity index (χ2v) is 5.87. The predicted molar refractivity (Wildman–Crippen MR) is 71.6 cm³/mol. The third kappa shape index (κ3) is 2.25. The van der Waals surface area contributed by atoms with Crippen molar-refractivity contribution in [1.82, 2.24) is 10.2 Å². The molecule has 0 radical (unpaired) electrons. The molecule has 2 fully saturated rings. The molecule has 102 valence electrons. The van der Waals surface area contributed by atoms with Gasteiger partial charge < -0.3 is 10.2 Å². The molecule has 0 bridgehead atoms. The molecule has 19 heavy (non-hydrogen) atoms. The molecule has 1 spiro atoms. The predicted octanol–water partition coefficient (Wildman–Crippen LogP) is 1.96. The molecule has 0 aliphatic carbocycles. The normalized spacial score (nSPS) is 26.3. The Kier molecular flexibility index (Phi) is 3.05. The van der Waals surface area contributed by atoms with Gasteiger partial charge in [-0.3, -0.25) is 4.79 Å². The van der Waals surface area contributed by atoms with Crippen LogP contribution in [0.25, 0.3) is 0 Å². The minimum absolute atomic E-state index is 0.0392. The zero-order chi connectivity index (χ0) is 13.5. The van der Waals surface area contributed by atoms with E-state index >= 15 is 0 Å². The van der Waals surface area contributed by atoms with Crippen molar-refractivity contribution in [2.45, 2.75) is 19.8 Å². The number of aryl methyl sites for hydroxylation is 1. The fourth-order valence-corrected chi connectivity index (χ4v) is 3.16. The number of nitrogens with one attached hydrogen (secondary N) is 1. The first-order valence-corrected chi connectivity index (χ1v) is 6.86. The first-order valence-electron chi connectivity index (χ1n) is 6.86. The Morgan fingerprint density at radius 1 is 1.42 bits per heavy atom. The van der Waals surface area contributed by atoms with Crippen LogP contribution < -0.4 is 5.32 Å². The topological polar surface area (TPSA) is 32.3 Å². The van der Waals surface area contributed by atoms with Crippen molar-refractivity contribution in [1.29, 1.82) is 0 Å². The highest BCUT2D eigenvalue weighted by Crippen LogP contribution is 2.36. The van der Waals surface area contributed by atoms with Crippen molar-refractivity contribution < 1.29 is 9.18 Å². The smallest absolute Gasteiger partial charge is 0.253 e. The van der Waals surface area contributed by atoms with Crippen molar-refractivity contribution in [3.63, 3.8) is 0 Å². The Bertz CT molecular complexity index is 509. The highest BCUT2D eigenvalue weighted by atomic mass is 19.1. The number of hydrogen-bond acceptors (Lipinski definition) is 2. The number of amides is 1. The van der Waals surface area contributed by atoms with Gasteiger partial charge in [-0.25, -0.2) is 4.39 Å². The molecule has 0 aromatic heterocycles. The van der Waals surface area contributed by atoms with Crippen molar-refractivity contribution in [2.75, 3.05) is 26.2 Å². The van der Waals surface area contributed by atoms with E-state index in [1.165, 1.54) is 6.07 Å². The largest absolute Gasteiger partial charge is 0.338 e. The molecule has 1 N–H and O–H groups in total. The van der Waals surface area contributed by atoms with E-state index in [1.807, 2.05) is 4.90 Å². The summed E-state index contributed by atoms with van der Waals surface area (Å²) < 4.78 is 13.5. The van der Waals surface area contributed by atoms with E-state index in [0.717, 1.165) is 39.0 Å². The second-order valence-electron chi connectivity index (χ2n) is 5.87. The number of carbonyl (C=O) groups is 1. The minimum atomic E-state index is -0.303. The molecule has 3 rings (SSSR count). The summed E-state index contributed by atoms with van der Waals surface area (Å²) in [4.78, 5) is 14.3. The van der Waals surface area contributed by atoms with Crippen molar-refractivity contribution >= 4 is 5.91 Å². The average Bonchev–Trinajstić information content (AvgIpc) is 3.03. The minimum Gasteiger partial charge on any atom is -0.338 e. The molecule has 2 saturated heterocycles. The molecule has 2 aliphatic rings. The molecule has 0 saturated carbocycles. The van der Waals surface area contributed by atoms with Gasteiger partial charge in [0.15, 0.2) is 0 Å². The van der Waals surface area contributed by atoms with Crippen LogP contribution >= 0.6 is 0 Å². The molecule has 1 atom stereocenters. The van der Waals surface area contributed by atoms with Gasteiger partial charge in [-0.2, -0.15) is 0 Å². The first kappa shape index (κ1) is 12.6. The molecule has 1 aromatic carbocycles. The maximum atomic E-state index is 13.5. The Morgan fingerprint density at radius 3 is 2.95 bits per heavy atom. The van der Waals surface area contributed by atoms with E-state index in [1.54, 1.807) is 19.1 Å². The van der Waals surface area contributed by atoms with E-state index in [9.17, 15) is 9.18 Å². The van der Waals surface area contributed by atoms with E-state index in [4.69, 9.17) is 0 Å². The summed E-state index contributed by atoms with van der Waals surface area (Å²) in [5.74, 6) is -0.343. The quantitative estimate of drug-likeness (QED) is 0.839. The van der Waals surface area contributed by atoms with E-state index in [2.05, 4.69) is 5.32 Å². The monoisotopic (exact) mass is 262 g/mol. The Hall–Kier alpha value is -1.42. The van der Waals surface area contributed by atoms with Gasteiger partial charge in [0.25, 0.3) is 5.91 Å². The maximum Gasteiger partial charge on any atom is 0.253 e. The SMILES string of the molecule is Cc1ccc(C(=O)N2CCC3(CCNC3)C2)cc1F. The fourth-order valence-electron chi connectivity index (χ4n) is 3.16. The van der Waals surface area contributed by atoms with Gasteiger partial charge in [0.1, 0.15) is 5.82 Å². The van der Waals surface area contributed by atoms with Crippen LogP contribution in [0.15, 0.2) is 18.2 Å². The Labute approximate surface area is 112 Å². The highest BCUT2D eigenvalue weighted by molar-refractivity contribution is 5.94. The zero-order valence-electron chi connectivity index (χ0n) is 11.2. The van der Waals surface area contributed by atoms with Gasteiger partial charge in [-0.15, -0.1) is 0 Å². The van der Waals surface area contributed by atoms with Gasteiger partial charge in [0.05, 0.1) is 0 Å². The van der Waals surface area contributed by atoms with Crippen molar-refractivity contribution in [3.05, 3.63) is 35.1 Å². The number of carbonyl (C=O) groups excluding carboxylic acids is 1. The standard InChI is InChI=1S/C15H19FN2O/c1-11-2-3-12(8-13(11)16)14(19)18-7-5-15(10-18)4-6-17-9-15/h2-3,8,17H,4-7,9-10H2,1H3. The van der Waals surface area contributed by atoms with Crippen LogP contribution in [-0.4, -0.2) is 37.0 Å². The Balaban J connectivity index is 1.76. The lowest BCUT2D eigenvalue weighted by Crippen LogP contribution is -2.33. The summed E-state index contributed by atoms with van der Waals surface area (Å²) in [6.07, 6.45) is 2.19. The molecule has 1 aromatic rings. The van der Waals surface area contributed by atoms with E-state index in [0.29, 0.717) is 11.1 Å². The van der Waals surface area contributed by atoms with Gasteiger partial charge >= 0.3 is 0 Å². The molecular weight excluding hydrogens is 243 g/mol. The number of nitrogens with zero attached hydrogens (tertiary/aromatic N) is 1. The summed E-state index contributed by atoms with van der Waals surface area (Å²) in [6.45, 7) is 5.34. The van der Waals surface area contributed by atoms with Crippen LogP contribution in [0.3, 0.4) is 0 Å². The number of benzene rings is 1. The number of likely N-dealkylation sites (tertiary alicyclic amines) is 1. The van der Waals surface area contributed by atoms with E-state index < -0.39 is 0 Å². The molecule has 4 heteroatoms. The highest BCUT2D eigenvalue weighted by Gasteiger charge is 2.41. The second kappa shape index (κ2) is 4.60. The molecular formula is C15H19FN2O. The molecule has 1 unspecified atom stereocenters. The lowest BCUT2D eigenvalue weighted by molar-refractivity contribution is 0.0775. The third-order valence-corrected chi connectivity index (χ3v) is 4.48. The molecule has 2 heterocycles. The summed E-state index contributed by atoms with van der Waals surface area (Å²) in [6, 6.07) is 4.75. The average molecular weight is 262 g/mol. The van der Waals surface area contributed by atoms with Gasteiger partial charge in [0, 0.05) is 30.6 Å². The lowest BCUT2D eigenvalue weighted by atomic mass is 9.86. The van der Waals surface area contributed by atoms with Crippen molar-refractivity contribution in [2.24, 2.45) is 5.41 Å². The van der Waals surface area contributed by atoms with Gasteiger partial charge in [-0.1, -0.05) is 6.07 Å². The fraction of sp³-hybridized carbons (Fsp3) is 0.533. The first-order chi connectivity index (χ1) is 9.10. The summed E-state index contributed by atoms with van der Waals surface area (Å²) in [7, 11) is 0. The maximum absolute atomic E-state index is 13.5. The van der Waals surface area contributed by atoms with Crippen molar-refractivity contribution in [3.8, 4) is 0 Å². The number of rotatable bonds is 1.